The summed E-state index contributed by atoms with van der Waals surface area (Å²) in [4.78, 5) is 16.5. The molecule has 0 spiro atoms. The van der Waals surface area contributed by atoms with Gasteiger partial charge in [-0.3, -0.25) is 4.57 Å². The van der Waals surface area contributed by atoms with E-state index >= 15 is 0 Å². The van der Waals surface area contributed by atoms with Crippen LogP contribution in [0.2, 0.25) is 0 Å². The summed E-state index contributed by atoms with van der Waals surface area (Å²) in [5.41, 5.74) is 3.63. The van der Waals surface area contributed by atoms with Crippen LogP contribution >= 0.6 is 0 Å². The van der Waals surface area contributed by atoms with Gasteiger partial charge in [-0.25, -0.2) is 9.80 Å². The van der Waals surface area contributed by atoms with Gasteiger partial charge in [-0.2, -0.15) is 4.98 Å². The summed E-state index contributed by atoms with van der Waals surface area (Å²) in [5, 5.41) is 11.3. The first-order valence-electron chi connectivity index (χ1n) is 9.13. The Morgan fingerprint density at radius 2 is 2.08 bits per heavy atom. The second-order valence-corrected chi connectivity index (χ2v) is 6.46. The predicted molar refractivity (Wildman–Crippen MR) is 98.3 cm³/mol. The van der Waals surface area contributed by atoms with Gasteiger partial charge in [0.25, 0.3) is 0 Å². The Bertz CT molecular complexity index is 609. The molecule has 2 atom stereocenters. The van der Waals surface area contributed by atoms with Crippen LogP contribution in [0.3, 0.4) is 0 Å². The lowest BCUT2D eigenvalue weighted by Gasteiger charge is -2.23. The minimum Gasteiger partial charge on any atom is -0.394 e. The predicted octanol–water partition coefficient (Wildman–Crippen LogP) is 2.31. The highest BCUT2D eigenvalue weighted by molar-refractivity contribution is 5.30. The molecule has 1 fully saturated rings. The van der Waals surface area contributed by atoms with E-state index in [1.807, 2.05) is 0 Å². The number of hydrogen-bond donors (Lipinski definition) is 2. The van der Waals surface area contributed by atoms with E-state index in [0.717, 1.165) is 44.3 Å². The molecule has 1 aromatic heterocycles. The van der Waals surface area contributed by atoms with Crippen LogP contribution in [0, 0.1) is 0 Å². The van der Waals surface area contributed by atoms with Gasteiger partial charge < -0.3 is 15.3 Å². The van der Waals surface area contributed by atoms with Crippen molar-refractivity contribution < 1.29 is 9.84 Å². The normalized spacial score (nSPS) is 20.4. The number of hydrazine groups is 1. The minimum atomic E-state index is -0.553. The van der Waals surface area contributed by atoms with E-state index in [1.54, 1.807) is 12.3 Å². The molecule has 2 heterocycles. The third-order valence-electron chi connectivity index (χ3n) is 4.28. The van der Waals surface area contributed by atoms with E-state index in [1.165, 1.54) is 4.57 Å². The summed E-state index contributed by atoms with van der Waals surface area (Å²) in [6.07, 6.45) is 5.78. The Kier molecular flexibility index (Phi) is 7.61. The van der Waals surface area contributed by atoms with Gasteiger partial charge in [-0.15, -0.1) is 0 Å². The van der Waals surface area contributed by atoms with Crippen molar-refractivity contribution in [2.75, 3.05) is 25.1 Å². The van der Waals surface area contributed by atoms with Crippen molar-refractivity contribution >= 4 is 5.82 Å². The molecular weight excluding hydrogens is 320 g/mol. The fourth-order valence-electron chi connectivity index (χ4n) is 2.83. The fraction of sp³-hybridized carbons (Fsp3) is 0.667. The molecule has 140 valence electrons. The molecule has 0 aromatic carbocycles. The first-order chi connectivity index (χ1) is 12.1. The molecule has 0 radical (unpaired) electrons. The van der Waals surface area contributed by atoms with Crippen molar-refractivity contribution in [3.05, 3.63) is 34.9 Å². The third kappa shape index (κ3) is 5.39. The largest absolute Gasteiger partial charge is 0.394 e. The molecule has 7 heteroatoms. The van der Waals surface area contributed by atoms with Crippen molar-refractivity contribution in [2.45, 2.75) is 58.3 Å². The van der Waals surface area contributed by atoms with Gasteiger partial charge in [0.15, 0.2) is 6.23 Å². The molecule has 1 aliphatic heterocycles. The van der Waals surface area contributed by atoms with E-state index in [0.29, 0.717) is 12.2 Å². The van der Waals surface area contributed by atoms with Gasteiger partial charge in [0.2, 0.25) is 0 Å². The van der Waals surface area contributed by atoms with Crippen LogP contribution in [0.5, 0.6) is 0 Å². The smallest absolute Gasteiger partial charge is 0.351 e. The molecule has 25 heavy (non-hydrogen) atoms. The molecule has 1 saturated heterocycles. The summed E-state index contributed by atoms with van der Waals surface area (Å²) in [5.74, 6) is 0.538. The van der Waals surface area contributed by atoms with E-state index < -0.39 is 6.23 Å². The van der Waals surface area contributed by atoms with Crippen LogP contribution in [0.25, 0.3) is 0 Å². The maximum absolute atomic E-state index is 12.4. The molecule has 2 rings (SSSR count). The molecule has 1 aliphatic rings. The summed E-state index contributed by atoms with van der Waals surface area (Å²) in [7, 11) is 0. The summed E-state index contributed by atoms with van der Waals surface area (Å²) < 4.78 is 7.08. The lowest BCUT2D eigenvalue weighted by molar-refractivity contribution is -0.0168. The number of hydrogen-bond acceptors (Lipinski definition) is 6. The number of nitrogens with zero attached hydrogens (tertiary/aromatic N) is 3. The van der Waals surface area contributed by atoms with Crippen molar-refractivity contribution in [2.24, 2.45) is 0 Å². The number of rotatable bonds is 10. The van der Waals surface area contributed by atoms with Crippen molar-refractivity contribution in [3.63, 3.8) is 0 Å². The Morgan fingerprint density at radius 3 is 2.60 bits per heavy atom. The summed E-state index contributed by atoms with van der Waals surface area (Å²) in [6, 6.07) is 1.77. The van der Waals surface area contributed by atoms with E-state index in [9.17, 15) is 9.90 Å². The van der Waals surface area contributed by atoms with Crippen LogP contribution in [0.15, 0.2) is 29.2 Å². The highest BCUT2D eigenvalue weighted by Gasteiger charge is 2.30. The van der Waals surface area contributed by atoms with E-state index in [4.69, 9.17) is 4.74 Å². The second-order valence-electron chi connectivity index (χ2n) is 6.46. The van der Waals surface area contributed by atoms with E-state index in [2.05, 4.69) is 35.8 Å². The molecule has 0 saturated carbocycles. The molecule has 1 aromatic rings. The molecule has 0 bridgehead atoms. The van der Waals surface area contributed by atoms with Crippen molar-refractivity contribution in [1.82, 2.24) is 14.6 Å². The maximum atomic E-state index is 12.4. The average molecular weight is 350 g/mol. The van der Waals surface area contributed by atoms with Gasteiger partial charge in [-0.05, 0) is 24.5 Å². The SMILES string of the molecule is C=C1C[C@@H](CO)O[C@H]1n1ccc(NN(CCCC)CCCC)nc1=O. The van der Waals surface area contributed by atoms with Gasteiger partial charge >= 0.3 is 5.69 Å². The first kappa shape index (κ1) is 19.6. The number of anilines is 1. The van der Waals surface area contributed by atoms with Gasteiger partial charge in [-0.1, -0.05) is 33.3 Å². The number of aliphatic hydroxyl groups is 1. The highest BCUT2D eigenvalue weighted by atomic mass is 16.5. The average Bonchev–Trinajstić information content (AvgIpc) is 2.98. The Labute approximate surface area is 149 Å². The van der Waals surface area contributed by atoms with Crippen molar-refractivity contribution in [1.29, 1.82) is 0 Å². The summed E-state index contributed by atoms with van der Waals surface area (Å²) >= 11 is 0. The van der Waals surface area contributed by atoms with Crippen LogP contribution < -0.4 is 11.1 Å². The van der Waals surface area contributed by atoms with Crippen LogP contribution in [-0.4, -0.2) is 45.5 Å². The Balaban J connectivity index is 2.07. The topological polar surface area (TPSA) is 79.6 Å². The molecule has 0 unspecified atom stereocenters. The molecule has 7 nitrogen and oxygen atoms in total. The minimum absolute atomic E-state index is 0.0822. The third-order valence-corrected chi connectivity index (χ3v) is 4.28. The van der Waals surface area contributed by atoms with Crippen LogP contribution in [0.4, 0.5) is 5.82 Å². The van der Waals surface area contributed by atoms with E-state index in [-0.39, 0.29) is 18.4 Å². The maximum Gasteiger partial charge on any atom is 0.351 e. The zero-order valence-electron chi connectivity index (χ0n) is 15.3. The second kappa shape index (κ2) is 9.70. The molecule has 0 aliphatic carbocycles. The van der Waals surface area contributed by atoms with Crippen LogP contribution in [-0.2, 0) is 4.74 Å². The number of nitrogens with one attached hydrogen (secondary N) is 1. The molecular formula is C18H30N4O3. The number of ether oxygens (including phenoxy) is 1. The monoisotopic (exact) mass is 350 g/mol. The number of aromatic nitrogens is 2. The Hall–Kier alpha value is -1.70. The molecule has 0 amide bonds. The molecule has 2 N–H and O–H groups in total. The standard InChI is InChI=1S/C18H30N4O3/c1-4-6-9-21(10-7-5-2)20-16-8-11-22(18(24)19-16)17-14(3)12-15(13-23)25-17/h8,11,15,17,23H,3-7,9-10,12-13H2,1-2H3,(H,19,20,24)/t15-,17+/m0/s1. The quantitative estimate of drug-likeness (QED) is 0.498. The number of unbranched alkanes of at least 4 members (excludes halogenated alkanes) is 2. The lowest BCUT2D eigenvalue weighted by atomic mass is 10.2. The fourth-order valence-corrected chi connectivity index (χ4v) is 2.83. The zero-order valence-corrected chi connectivity index (χ0v) is 15.3. The zero-order chi connectivity index (χ0) is 18.2. The van der Waals surface area contributed by atoms with Gasteiger partial charge in [0, 0.05) is 25.7 Å². The lowest BCUT2D eigenvalue weighted by Crippen LogP contribution is -2.34. The Morgan fingerprint density at radius 1 is 1.40 bits per heavy atom. The first-order valence-corrected chi connectivity index (χ1v) is 9.13. The highest BCUT2D eigenvalue weighted by Crippen LogP contribution is 2.31. The van der Waals surface area contributed by atoms with Crippen molar-refractivity contribution in [3.8, 4) is 0 Å². The van der Waals surface area contributed by atoms with Gasteiger partial charge in [0.1, 0.15) is 5.82 Å². The van der Waals surface area contributed by atoms with Crippen LogP contribution in [0.1, 0.15) is 52.2 Å². The van der Waals surface area contributed by atoms with Gasteiger partial charge in [0.05, 0.1) is 12.7 Å². The number of aliphatic hydroxyl groups excluding tert-OH is 1. The summed E-state index contributed by atoms with van der Waals surface area (Å²) in [6.45, 7) is 10.0.